The molecule has 1 fully saturated rings. The van der Waals surface area contributed by atoms with Crippen LogP contribution in [0.15, 0.2) is 30.3 Å². The number of anilines is 1. The molecule has 0 saturated carbocycles. The summed E-state index contributed by atoms with van der Waals surface area (Å²) in [4.78, 5) is 13.7. The molecule has 0 unspecified atom stereocenters. The van der Waals surface area contributed by atoms with Gasteiger partial charge in [-0.1, -0.05) is 6.07 Å². The number of aromatic carboxylic acids is 1. The van der Waals surface area contributed by atoms with Crippen LogP contribution in [0, 0.1) is 13.8 Å². The van der Waals surface area contributed by atoms with E-state index in [-0.39, 0.29) is 0 Å². The maximum atomic E-state index is 11.3. The van der Waals surface area contributed by atoms with E-state index in [1.54, 1.807) is 6.07 Å². The molecule has 0 atom stereocenters. The van der Waals surface area contributed by atoms with Gasteiger partial charge in [0.05, 0.1) is 5.56 Å². The van der Waals surface area contributed by atoms with Gasteiger partial charge < -0.3 is 14.6 Å². The Morgan fingerprint density at radius 3 is 2.36 bits per heavy atom. The molecule has 1 aliphatic rings. The summed E-state index contributed by atoms with van der Waals surface area (Å²) in [5.41, 5.74) is 4.36. The van der Waals surface area contributed by atoms with E-state index in [2.05, 4.69) is 23.1 Å². The number of nitrogens with zero attached hydrogens (tertiary/aromatic N) is 2. The highest BCUT2D eigenvalue weighted by molar-refractivity contribution is 5.89. The van der Waals surface area contributed by atoms with Crippen molar-refractivity contribution < 1.29 is 9.90 Å². The van der Waals surface area contributed by atoms with E-state index in [0.29, 0.717) is 5.56 Å². The zero-order valence-electron chi connectivity index (χ0n) is 13.2. The van der Waals surface area contributed by atoms with Crippen LogP contribution >= 0.6 is 0 Å². The minimum absolute atomic E-state index is 0.376. The Labute approximate surface area is 131 Å². The van der Waals surface area contributed by atoms with E-state index >= 15 is 0 Å². The zero-order chi connectivity index (χ0) is 15.7. The fourth-order valence-electron chi connectivity index (χ4n) is 3.36. The highest BCUT2D eigenvalue weighted by atomic mass is 16.4. The quantitative estimate of drug-likeness (QED) is 0.938. The topological polar surface area (TPSA) is 45.5 Å². The summed E-state index contributed by atoms with van der Waals surface area (Å²) in [6, 6.07) is 10.1. The van der Waals surface area contributed by atoms with Crippen LogP contribution in [-0.4, -0.2) is 28.7 Å². The fourth-order valence-corrected chi connectivity index (χ4v) is 3.36. The first-order valence-electron chi connectivity index (χ1n) is 7.85. The van der Waals surface area contributed by atoms with Gasteiger partial charge in [0.1, 0.15) is 0 Å². The van der Waals surface area contributed by atoms with Crippen LogP contribution in [0.5, 0.6) is 0 Å². The van der Waals surface area contributed by atoms with Gasteiger partial charge in [0.2, 0.25) is 0 Å². The van der Waals surface area contributed by atoms with Crippen molar-refractivity contribution in [1.82, 2.24) is 4.57 Å². The Hall–Kier alpha value is -2.23. The van der Waals surface area contributed by atoms with Crippen LogP contribution < -0.4 is 4.90 Å². The molecule has 0 spiro atoms. The second-order valence-corrected chi connectivity index (χ2v) is 5.99. The lowest BCUT2D eigenvalue weighted by Crippen LogP contribution is -2.29. The first-order valence-corrected chi connectivity index (χ1v) is 7.85. The lowest BCUT2D eigenvalue weighted by molar-refractivity contribution is 0.0696. The van der Waals surface area contributed by atoms with E-state index in [0.717, 1.165) is 30.2 Å². The van der Waals surface area contributed by atoms with Crippen LogP contribution in [0.2, 0.25) is 0 Å². The average molecular weight is 298 g/mol. The van der Waals surface area contributed by atoms with Crippen LogP contribution in [0.3, 0.4) is 0 Å². The first-order chi connectivity index (χ1) is 10.6. The molecule has 2 aromatic rings. The van der Waals surface area contributed by atoms with Crippen LogP contribution in [-0.2, 0) is 0 Å². The summed E-state index contributed by atoms with van der Waals surface area (Å²) < 4.78 is 2.02. The number of carboxylic acids is 1. The van der Waals surface area contributed by atoms with Gasteiger partial charge in [0.15, 0.2) is 0 Å². The molecular weight excluding hydrogens is 276 g/mol. The number of aromatic nitrogens is 1. The second kappa shape index (κ2) is 5.87. The summed E-state index contributed by atoms with van der Waals surface area (Å²) in [7, 11) is 0. The molecule has 1 N–H and O–H groups in total. The van der Waals surface area contributed by atoms with E-state index in [1.165, 1.54) is 24.9 Å². The van der Waals surface area contributed by atoms with Crippen molar-refractivity contribution in [1.29, 1.82) is 0 Å². The standard InChI is InChI=1S/C18H22N2O2/c1-13-11-17(18(21)22)14(2)20(13)16-8-6-7-15(12-16)19-9-4-3-5-10-19/h6-8,11-12H,3-5,9-10H2,1-2H3,(H,21,22). The number of hydrogen-bond donors (Lipinski definition) is 1. The number of benzene rings is 1. The third-order valence-corrected chi connectivity index (χ3v) is 4.47. The molecular formula is C18H22N2O2. The second-order valence-electron chi connectivity index (χ2n) is 5.99. The van der Waals surface area contributed by atoms with Crippen molar-refractivity contribution >= 4 is 11.7 Å². The van der Waals surface area contributed by atoms with Crippen molar-refractivity contribution in [2.45, 2.75) is 33.1 Å². The van der Waals surface area contributed by atoms with Crippen molar-refractivity contribution in [2.75, 3.05) is 18.0 Å². The molecule has 1 aromatic heterocycles. The Bertz CT molecular complexity index is 697. The average Bonchev–Trinajstić information content (AvgIpc) is 2.83. The molecule has 2 heterocycles. The number of carboxylic acid groups (broad SMARTS) is 1. The zero-order valence-corrected chi connectivity index (χ0v) is 13.2. The predicted octanol–water partition coefficient (Wildman–Crippen LogP) is 3.78. The fraction of sp³-hybridized carbons (Fsp3) is 0.389. The van der Waals surface area contributed by atoms with Gasteiger partial charge >= 0.3 is 5.97 Å². The largest absolute Gasteiger partial charge is 0.478 e. The maximum Gasteiger partial charge on any atom is 0.337 e. The molecule has 0 bridgehead atoms. The third-order valence-electron chi connectivity index (χ3n) is 4.47. The SMILES string of the molecule is Cc1cc(C(=O)O)c(C)n1-c1cccc(N2CCCCC2)c1. The molecule has 116 valence electrons. The molecule has 1 saturated heterocycles. The minimum Gasteiger partial charge on any atom is -0.478 e. The van der Waals surface area contributed by atoms with Gasteiger partial charge in [-0.2, -0.15) is 0 Å². The van der Waals surface area contributed by atoms with E-state index in [1.807, 2.05) is 24.5 Å². The van der Waals surface area contributed by atoms with Crippen LogP contribution in [0.25, 0.3) is 5.69 Å². The number of aryl methyl sites for hydroxylation is 1. The lowest BCUT2D eigenvalue weighted by Gasteiger charge is -2.29. The van der Waals surface area contributed by atoms with Gasteiger partial charge in [-0.15, -0.1) is 0 Å². The van der Waals surface area contributed by atoms with Crippen LogP contribution in [0.1, 0.15) is 41.0 Å². The van der Waals surface area contributed by atoms with Gasteiger partial charge in [0, 0.05) is 35.9 Å². The minimum atomic E-state index is -0.869. The number of piperidine rings is 1. The summed E-state index contributed by atoms with van der Waals surface area (Å²) in [5.74, 6) is -0.869. The first kappa shape index (κ1) is 14.7. The highest BCUT2D eigenvalue weighted by Gasteiger charge is 2.17. The molecule has 1 aliphatic heterocycles. The molecule has 4 nitrogen and oxygen atoms in total. The monoisotopic (exact) mass is 298 g/mol. The van der Waals surface area contributed by atoms with Crippen molar-refractivity contribution in [3.63, 3.8) is 0 Å². The van der Waals surface area contributed by atoms with Crippen molar-refractivity contribution in [3.05, 3.63) is 47.3 Å². The van der Waals surface area contributed by atoms with Crippen molar-refractivity contribution in [2.24, 2.45) is 0 Å². The molecule has 4 heteroatoms. The summed E-state index contributed by atoms with van der Waals surface area (Å²) in [6.07, 6.45) is 3.80. The normalized spacial score (nSPS) is 15.1. The summed E-state index contributed by atoms with van der Waals surface area (Å²) >= 11 is 0. The number of hydrogen-bond acceptors (Lipinski definition) is 2. The van der Waals surface area contributed by atoms with Gasteiger partial charge in [-0.05, 0) is 57.4 Å². The smallest absolute Gasteiger partial charge is 0.337 e. The van der Waals surface area contributed by atoms with Crippen molar-refractivity contribution in [3.8, 4) is 5.69 Å². The predicted molar refractivity (Wildman–Crippen MR) is 88.3 cm³/mol. The van der Waals surface area contributed by atoms with E-state index < -0.39 is 5.97 Å². The molecule has 0 radical (unpaired) electrons. The lowest BCUT2D eigenvalue weighted by atomic mass is 10.1. The molecule has 1 aromatic carbocycles. The molecule has 0 amide bonds. The molecule has 0 aliphatic carbocycles. The maximum absolute atomic E-state index is 11.3. The van der Waals surface area contributed by atoms with Crippen LogP contribution in [0.4, 0.5) is 5.69 Å². The Morgan fingerprint density at radius 2 is 1.73 bits per heavy atom. The molecule has 22 heavy (non-hydrogen) atoms. The molecule has 3 rings (SSSR count). The Balaban J connectivity index is 2.00. The highest BCUT2D eigenvalue weighted by Crippen LogP contribution is 2.26. The Morgan fingerprint density at radius 1 is 1.05 bits per heavy atom. The van der Waals surface area contributed by atoms with Gasteiger partial charge in [0.25, 0.3) is 0 Å². The number of rotatable bonds is 3. The van der Waals surface area contributed by atoms with Gasteiger partial charge in [-0.25, -0.2) is 4.79 Å². The van der Waals surface area contributed by atoms with Gasteiger partial charge in [-0.3, -0.25) is 0 Å². The number of carbonyl (C=O) groups is 1. The summed E-state index contributed by atoms with van der Waals surface area (Å²) in [6.45, 7) is 6.03. The third kappa shape index (κ3) is 2.61. The summed E-state index contributed by atoms with van der Waals surface area (Å²) in [5, 5.41) is 9.29. The van der Waals surface area contributed by atoms with E-state index in [9.17, 15) is 9.90 Å². The Kier molecular flexibility index (Phi) is 3.92. The van der Waals surface area contributed by atoms with E-state index in [4.69, 9.17) is 0 Å².